The van der Waals surface area contributed by atoms with E-state index in [0.717, 1.165) is 4.47 Å². The van der Waals surface area contributed by atoms with E-state index in [9.17, 15) is 0 Å². The summed E-state index contributed by atoms with van der Waals surface area (Å²) in [5, 5.41) is 2.75. The highest BCUT2D eigenvalue weighted by atomic mass is 79.9. The van der Waals surface area contributed by atoms with Crippen molar-refractivity contribution < 1.29 is 0 Å². The molecule has 0 saturated carbocycles. The zero-order valence-electron chi connectivity index (χ0n) is 16.2. The largest absolute Gasteiger partial charge is 0.0726 e. The van der Waals surface area contributed by atoms with Gasteiger partial charge in [-0.1, -0.05) is 101 Å². The van der Waals surface area contributed by atoms with Crippen molar-refractivity contribution in [3.05, 3.63) is 130 Å². The SMILES string of the molecule is Brc1ccc2c(c1)C1(c3cc(-c4ccccc4)ccc3-2)c2cccc3cccc1c23. The van der Waals surface area contributed by atoms with E-state index in [2.05, 4.69) is 119 Å². The van der Waals surface area contributed by atoms with E-state index in [1.807, 2.05) is 0 Å². The Morgan fingerprint density at radius 2 is 1.17 bits per heavy atom. The Morgan fingerprint density at radius 1 is 0.500 bits per heavy atom. The van der Waals surface area contributed by atoms with Crippen LogP contribution in [-0.4, -0.2) is 0 Å². The second-order valence-corrected chi connectivity index (χ2v) is 9.19. The monoisotopic (exact) mass is 444 g/mol. The summed E-state index contributed by atoms with van der Waals surface area (Å²) in [6.45, 7) is 0. The minimum absolute atomic E-state index is 0.185. The maximum Gasteiger partial charge on any atom is 0.0726 e. The molecule has 1 heteroatoms. The fraction of sp³-hybridized carbons (Fsp3) is 0.0345. The van der Waals surface area contributed by atoms with Crippen molar-refractivity contribution in [1.29, 1.82) is 0 Å². The third-order valence-electron chi connectivity index (χ3n) is 6.92. The van der Waals surface area contributed by atoms with Gasteiger partial charge in [0.25, 0.3) is 0 Å². The number of halogens is 1. The van der Waals surface area contributed by atoms with Gasteiger partial charge in [-0.05, 0) is 73.5 Å². The smallest absolute Gasteiger partial charge is 0.0622 e. The summed E-state index contributed by atoms with van der Waals surface area (Å²) in [5.74, 6) is 0. The summed E-state index contributed by atoms with van der Waals surface area (Å²) >= 11 is 3.74. The number of hydrogen-bond acceptors (Lipinski definition) is 0. The molecular formula is C29H17Br. The predicted octanol–water partition coefficient (Wildman–Crippen LogP) is 7.95. The Labute approximate surface area is 184 Å². The molecule has 0 aromatic heterocycles. The molecule has 2 aliphatic carbocycles. The van der Waals surface area contributed by atoms with Crippen LogP contribution in [0.5, 0.6) is 0 Å². The summed E-state index contributed by atoms with van der Waals surface area (Å²) in [7, 11) is 0. The molecule has 5 aromatic rings. The van der Waals surface area contributed by atoms with Gasteiger partial charge in [-0.2, -0.15) is 0 Å². The molecule has 140 valence electrons. The summed E-state index contributed by atoms with van der Waals surface area (Å²) in [5.41, 5.74) is 10.7. The lowest BCUT2D eigenvalue weighted by molar-refractivity contribution is 0.745. The second-order valence-electron chi connectivity index (χ2n) is 8.28. The van der Waals surface area contributed by atoms with Crippen LogP contribution in [0.4, 0.5) is 0 Å². The van der Waals surface area contributed by atoms with Gasteiger partial charge >= 0.3 is 0 Å². The van der Waals surface area contributed by atoms with Crippen molar-refractivity contribution in [2.24, 2.45) is 0 Å². The zero-order chi connectivity index (χ0) is 19.9. The molecule has 0 unspecified atom stereocenters. The highest BCUT2D eigenvalue weighted by molar-refractivity contribution is 9.10. The first kappa shape index (κ1) is 16.6. The van der Waals surface area contributed by atoms with E-state index < -0.39 is 0 Å². The highest BCUT2D eigenvalue weighted by Crippen LogP contribution is 2.64. The minimum atomic E-state index is -0.185. The van der Waals surface area contributed by atoms with Crippen LogP contribution in [0.2, 0.25) is 0 Å². The summed E-state index contributed by atoms with van der Waals surface area (Å²) in [4.78, 5) is 0. The highest BCUT2D eigenvalue weighted by Gasteiger charge is 2.53. The summed E-state index contributed by atoms with van der Waals surface area (Å²) in [6.07, 6.45) is 0. The van der Waals surface area contributed by atoms with Gasteiger partial charge in [0.1, 0.15) is 0 Å². The first-order chi connectivity index (χ1) is 14.8. The van der Waals surface area contributed by atoms with Crippen molar-refractivity contribution in [3.63, 3.8) is 0 Å². The molecule has 0 radical (unpaired) electrons. The molecule has 0 saturated heterocycles. The Balaban J connectivity index is 1.60. The summed E-state index contributed by atoms with van der Waals surface area (Å²) < 4.78 is 1.13. The van der Waals surface area contributed by atoms with Gasteiger partial charge in [0.15, 0.2) is 0 Å². The van der Waals surface area contributed by atoms with E-state index in [-0.39, 0.29) is 5.41 Å². The minimum Gasteiger partial charge on any atom is -0.0622 e. The Kier molecular flexibility index (Phi) is 3.16. The summed E-state index contributed by atoms with van der Waals surface area (Å²) in [6, 6.07) is 38.0. The van der Waals surface area contributed by atoms with E-state index in [1.54, 1.807) is 0 Å². The molecule has 0 amide bonds. The predicted molar refractivity (Wildman–Crippen MR) is 128 cm³/mol. The van der Waals surface area contributed by atoms with E-state index in [4.69, 9.17) is 0 Å². The molecule has 1 spiro atoms. The van der Waals surface area contributed by atoms with Gasteiger partial charge in [-0.25, -0.2) is 0 Å². The first-order valence-corrected chi connectivity index (χ1v) is 11.1. The third-order valence-corrected chi connectivity index (χ3v) is 7.41. The van der Waals surface area contributed by atoms with Crippen molar-refractivity contribution >= 4 is 26.7 Å². The molecule has 0 heterocycles. The lowest BCUT2D eigenvalue weighted by atomic mass is 9.58. The van der Waals surface area contributed by atoms with Gasteiger partial charge < -0.3 is 0 Å². The molecule has 0 bridgehead atoms. The molecular weight excluding hydrogens is 428 g/mol. The molecule has 0 N–H and O–H groups in total. The van der Waals surface area contributed by atoms with E-state index in [0.29, 0.717) is 0 Å². The van der Waals surface area contributed by atoms with Crippen LogP contribution < -0.4 is 0 Å². The molecule has 5 aromatic carbocycles. The number of fused-ring (bicyclic) bond motifs is 7. The van der Waals surface area contributed by atoms with E-state index >= 15 is 0 Å². The van der Waals surface area contributed by atoms with Crippen molar-refractivity contribution in [2.75, 3.05) is 0 Å². The molecule has 0 nitrogen and oxygen atoms in total. The molecule has 0 aliphatic heterocycles. The molecule has 7 rings (SSSR count). The molecule has 0 fully saturated rings. The van der Waals surface area contributed by atoms with Crippen LogP contribution in [0.15, 0.2) is 108 Å². The quantitative estimate of drug-likeness (QED) is 0.241. The number of rotatable bonds is 1. The Morgan fingerprint density at radius 3 is 1.90 bits per heavy atom. The fourth-order valence-corrected chi connectivity index (χ4v) is 6.10. The van der Waals surface area contributed by atoms with Crippen LogP contribution in [0.25, 0.3) is 33.0 Å². The van der Waals surface area contributed by atoms with Crippen LogP contribution in [-0.2, 0) is 5.41 Å². The Bertz CT molecular complexity index is 1460. The van der Waals surface area contributed by atoms with Crippen LogP contribution in [0.1, 0.15) is 22.3 Å². The maximum absolute atomic E-state index is 3.74. The van der Waals surface area contributed by atoms with Gasteiger partial charge in [0.05, 0.1) is 5.41 Å². The van der Waals surface area contributed by atoms with Crippen molar-refractivity contribution in [3.8, 4) is 22.3 Å². The lowest BCUT2D eigenvalue weighted by Gasteiger charge is -2.43. The van der Waals surface area contributed by atoms with Crippen LogP contribution >= 0.6 is 15.9 Å². The zero-order valence-corrected chi connectivity index (χ0v) is 17.8. The van der Waals surface area contributed by atoms with Crippen LogP contribution in [0.3, 0.4) is 0 Å². The topological polar surface area (TPSA) is 0 Å². The average Bonchev–Trinajstić information content (AvgIpc) is 3.09. The standard InChI is InChI=1S/C29H17Br/c30-21-13-15-23-22-14-12-20(18-6-2-1-3-7-18)16-26(22)29(27(23)17-21)24-10-4-8-19-9-5-11-25(29)28(19)24/h1-17H. The van der Waals surface area contributed by atoms with Gasteiger partial charge in [0.2, 0.25) is 0 Å². The lowest BCUT2D eigenvalue weighted by Crippen LogP contribution is -2.36. The average molecular weight is 445 g/mol. The van der Waals surface area contributed by atoms with Crippen molar-refractivity contribution in [2.45, 2.75) is 5.41 Å². The maximum atomic E-state index is 3.74. The molecule has 2 aliphatic rings. The number of benzene rings is 5. The van der Waals surface area contributed by atoms with E-state index in [1.165, 1.54) is 55.3 Å². The molecule has 30 heavy (non-hydrogen) atoms. The number of hydrogen-bond donors (Lipinski definition) is 0. The third kappa shape index (κ3) is 1.87. The molecule has 0 atom stereocenters. The fourth-order valence-electron chi connectivity index (χ4n) is 5.74. The van der Waals surface area contributed by atoms with Gasteiger partial charge in [-0.15, -0.1) is 0 Å². The van der Waals surface area contributed by atoms with Crippen LogP contribution in [0, 0.1) is 0 Å². The van der Waals surface area contributed by atoms with Crippen molar-refractivity contribution in [1.82, 2.24) is 0 Å². The normalized spacial score (nSPS) is 14.4. The first-order valence-electron chi connectivity index (χ1n) is 10.3. The van der Waals surface area contributed by atoms with Gasteiger partial charge in [-0.3, -0.25) is 0 Å². The second kappa shape index (κ2) is 5.71. The van der Waals surface area contributed by atoms with Gasteiger partial charge in [0, 0.05) is 4.47 Å². The Hall–Kier alpha value is -3.16.